The van der Waals surface area contributed by atoms with Crippen LogP contribution in [-0.4, -0.2) is 20.0 Å². The molecule has 0 aromatic carbocycles. The molecule has 0 spiro atoms. The Bertz CT molecular complexity index is 356. The average Bonchev–Trinajstić information content (AvgIpc) is 2.01. The van der Waals surface area contributed by atoms with Gasteiger partial charge in [-0.25, -0.2) is 4.98 Å². The Morgan fingerprint density at radius 2 is 2.23 bits per heavy atom. The summed E-state index contributed by atoms with van der Waals surface area (Å²) in [5, 5.41) is 19.5. The highest BCUT2D eigenvalue weighted by Crippen LogP contribution is 2.28. The summed E-state index contributed by atoms with van der Waals surface area (Å²) < 4.78 is 0.286. The summed E-state index contributed by atoms with van der Waals surface area (Å²) in [6.07, 6.45) is 0. The lowest BCUT2D eigenvalue weighted by Crippen LogP contribution is -2.03. The maximum absolute atomic E-state index is 10.4. The molecule has 7 nitrogen and oxygen atoms in total. The lowest BCUT2D eigenvalue weighted by atomic mass is 10.4. The van der Waals surface area contributed by atoms with Crippen LogP contribution >= 0.6 is 22.6 Å². The van der Waals surface area contributed by atoms with Gasteiger partial charge in [-0.2, -0.15) is 4.98 Å². The van der Waals surface area contributed by atoms with Gasteiger partial charge < -0.3 is 10.8 Å². The van der Waals surface area contributed by atoms with E-state index in [1.165, 1.54) is 0 Å². The van der Waals surface area contributed by atoms with E-state index in [0.717, 1.165) is 0 Å². The van der Waals surface area contributed by atoms with Crippen LogP contribution in [0.1, 0.15) is 5.69 Å². The van der Waals surface area contributed by atoms with E-state index in [0.29, 0.717) is 0 Å². The lowest BCUT2D eigenvalue weighted by Gasteiger charge is -2.00. The Balaban J connectivity index is 3.38. The van der Waals surface area contributed by atoms with E-state index in [1.54, 1.807) is 0 Å². The van der Waals surface area contributed by atoms with Gasteiger partial charge >= 0.3 is 5.69 Å². The largest absolute Gasteiger partial charge is 0.488 e. The molecule has 13 heavy (non-hydrogen) atoms. The summed E-state index contributed by atoms with van der Waals surface area (Å²) in [5.41, 5.74) is 4.83. The quantitative estimate of drug-likeness (QED) is 0.357. The van der Waals surface area contributed by atoms with Crippen molar-refractivity contribution in [3.63, 3.8) is 0 Å². The molecule has 1 rings (SSSR count). The van der Waals surface area contributed by atoms with Crippen molar-refractivity contribution in [3.05, 3.63) is 15.8 Å². The minimum Gasteiger partial charge on any atom is -0.488 e. The highest BCUT2D eigenvalue weighted by Gasteiger charge is 2.22. The average molecular weight is 296 g/mol. The number of halogens is 1. The maximum atomic E-state index is 10.4. The standard InChI is InChI=1S/C5H5IN4O3/c6-1-2-3(10(12)13)4(11)9-5(7)8-2/h1H2,(H3,7,8,9,11). The fraction of sp³-hybridized carbons (Fsp3) is 0.200. The molecule has 0 fully saturated rings. The molecule has 1 heterocycles. The number of alkyl halides is 1. The van der Waals surface area contributed by atoms with Crippen LogP contribution in [0.2, 0.25) is 0 Å². The molecule has 0 aliphatic rings. The zero-order chi connectivity index (χ0) is 10.0. The van der Waals surface area contributed by atoms with E-state index in [-0.39, 0.29) is 16.1 Å². The van der Waals surface area contributed by atoms with Crippen LogP contribution in [0.5, 0.6) is 5.88 Å². The van der Waals surface area contributed by atoms with Crippen molar-refractivity contribution in [1.82, 2.24) is 9.97 Å². The first-order valence-electron chi connectivity index (χ1n) is 3.12. The lowest BCUT2D eigenvalue weighted by molar-refractivity contribution is -0.387. The monoisotopic (exact) mass is 296 g/mol. The van der Waals surface area contributed by atoms with Gasteiger partial charge in [0.2, 0.25) is 5.95 Å². The molecule has 0 aliphatic heterocycles. The molecule has 0 amide bonds. The van der Waals surface area contributed by atoms with Crippen LogP contribution in [0.15, 0.2) is 0 Å². The summed E-state index contributed by atoms with van der Waals surface area (Å²) in [4.78, 5) is 16.6. The third kappa shape index (κ3) is 1.94. The SMILES string of the molecule is Nc1nc(O)c([N+](=O)[O-])c(CI)n1. The molecule has 0 radical (unpaired) electrons. The molecule has 70 valence electrons. The Kier molecular flexibility index (Phi) is 2.80. The van der Waals surface area contributed by atoms with E-state index >= 15 is 0 Å². The van der Waals surface area contributed by atoms with Crippen molar-refractivity contribution in [1.29, 1.82) is 0 Å². The summed E-state index contributed by atoms with van der Waals surface area (Å²) in [7, 11) is 0. The van der Waals surface area contributed by atoms with Gasteiger partial charge in [-0.05, 0) is 0 Å². The van der Waals surface area contributed by atoms with Crippen molar-refractivity contribution < 1.29 is 10.0 Å². The van der Waals surface area contributed by atoms with E-state index in [4.69, 9.17) is 10.8 Å². The second-order valence-electron chi connectivity index (χ2n) is 2.09. The van der Waals surface area contributed by atoms with Crippen LogP contribution in [0.4, 0.5) is 11.6 Å². The van der Waals surface area contributed by atoms with E-state index < -0.39 is 16.5 Å². The number of hydrogen-bond acceptors (Lipinski definition) is 6. The second-order valence-corrected chi connectivity index (χ2v) is 2.85. The summed E-state index contributed by atoms with van der Waals surface area (Å²) in [5.74, 6) is -0.862. The van der Waals surface area contributed by atoms with E-state index in [1.807, 2.05) is 22.6 Å². The smallest absolute Gasteiger partial charge is 0.352 e. The molecule has 1 aromatic rings. The van der Waals surface area contributed by atoms with Gasteiger partial charge in [0.25, 0.3) is 5.88 Å². The molecule has 8 heteroatoms. The van der Waals surface area contributed by atoms with Crippen molar-refractivity contribution in [3.8, 4) is 5.88 Å². The fourth-order valence-corrected chi connectivity index (χ4v) is 1.32. The zero-order valence-corrected chi connectivity index (χ0v) is 8.43. The summed E-state index contributed by atoms with van der Waals surface area (Å²) >= 11 is 1.88. The van der Waals surface area contributed by atoms with Gasteiger partial charge in [0.1, 0.15) is 5.69 Å². The van der Waals surface area contributed by atoms with Gasteiger partial charge in [0, 0.05) is 4.43 Å². The predicted molar refractivity (Wildman–Crippen MR) is 52.5 cm³/mol. The minimum absolute atomic E-state index is 0.121. The number of hydrogen-bond donors (Lipinski definition) is 2. The first-order chi connectivity index (χ1) is 6.06. The van der Waals surface area contributed by atoms with Crippen molar-refractivity contribution in [2.75, 3.05) is 5.73 Å². The number of anilines is 1. The van der Waals surface area contributed by atoms with Crippen LogP contribution in [0.25, 0.3) is 0 Å². The van der Waals surface area contributed by atoms with Crippen molar-refractivity contribution in [2.45, 2.75) is 4.43 Å². The van der Waals surface area contributed by atoms with Crippen molar-refractivity contribution >= 4 is 34.2 Å². The van der Waals surface area contributed by atoms with Crippen molar-refractivity contribution in [2.24, 2.45) is 0 Å². The molecular weight excluding hydrogens is 291 g/mol. The van der Waals surface area contributed by atoms with Gasteiger partial charge in [-0.1, -0.05) is 22.6 Å². The number of aromatic hydroxyl groups is 1. The number of nitrogen functional groups attached to an aromatic ring is 1. The molecule has 0 aliphatic carbocycles. The molecule has 0 bridgehead atoms. The highest BCUT2D eigenvalue weighted by atomic mass is 127. The maximum Gasteiger partial charge on any atom is 0.352 e. The number of nitro groups is 1. The van der Waals surface area contributed by atoms with Crippen LogP contribution in [-0.2, 0) is 4.43 Å². The van der Waals surface area contributed by atoms with Gasteiger partial charge in [-0.3, -0.25) is 10.1 Å². The second kappa shape index (κ2) is 3.68. The number of rotatable bonds is 2. The normalized spacial score (nSPS) is 9.92. The third-order valence-electron chi connectivity index (χ3n) is 1.26. The molecular formula is C5H5IN4O3. The van der Waals surface area contributed by atoms with Gasteiger partial charge in [0.15, 0.2) is 0 Å². The molecule has 0 saturated carbocycles. The summed E-state index contributed by atoms with van der Waals surface area (Å²) in [6, 6.07) is 0. The van der Waals surface area contributed by atoms with Crippen LogP contribution in [0, 0.1) is 10.1 Å². The first-order valence-corrected chi connectivity index (χ1v) is 4.64. The molecule has 0 saturated heterocycles. The molecule has 3 N–H and O–H groups in total. The topological polar surface area (TPSA) is 115 Å². The number of nitrogens with zero attached hydrogens (tertiary/aromatic N) is 3. The molecule has 1 aromatic heterocycles. The summed E-state index contributed by atoms with van der Waals surface area (Å²) in [6.45, 7) is 0. The van der Waals surface area contributed by atoms with Crippen LogP contribution < -0.4 is 5.73 Å². The first kappa shape index (κ1) is 9.89. The van der Waals surface area contributed by atoms with E-state index in [9.17, 15) is 10.1 Å². The number of nitrogens with two attached hydrogens (primary N) is 1. The van der Waals surface area contributed by atoms with Crippen LogP contribution in [0.3, 0.4) is 0 Å². The molecule has 0 unspecified atom stereocenters. The zero-order valence-electron chi connectivity index (χ0n) is 6.27. The van der Waals surface area contributed by atoms with Gasteiger partial charge in [-0.15, -0.1) is 0 Å². The van der Waals surface area contributed by atoms with E-state index in [2.05, 4.69) is 9.97 Å². The highest BCUT2D eigenvalue weighted by molar-refractivity contribution is 14.1. The third-order valence-corrected chi connectivity index (χ3v) is 1.99. The Morgan fingerprint density at radius 3 is 2.69 bits per heavy atom. The number of aromatic nitrogens is 2. The fourth-order valence-electron chi connectivity index (χ4n) is 0.787. The minimum atomic E-state index is -0.733. The molecule has 0 atom stereocenters. The predicted octanol–water partition coefficient (Wildman–Crippen LogP) is 0.608. The van der Waals surface area contributed by atoms with Gasteiger partial charge in [0.05, 0.1) is 4.92 Å². The Hall–Kier alpha value is -1.19. The Morgan fingerprint density at radius 1 is 1.62 bits per heavy atom. The Labute approximate surface area is 86.3 Å².